The normalized spacial score (nSPS) is 22.6. The van der Waals surface area contributed by atoms with Crippen LogP contribution in [0.5, 0.6) is 0 Å². The summed E-state index contributed by atoms with van der Waals surface area (Å²) in [7, 11) is 2.18. The molecule has 2 atom stereocenters. The maximum atomic E-state index is 14.6. The average Bonchev–Trinajstić information content (AvgIpc) is 3.03. The van der Waals surface area contributed by atoms with E-state index in [1.165, 1.54) is 17.3 Å². The lowest BCUT2D eigenvalue weighted by molar-refractivity contribution is -0.121. The van der Waals surface area contributed by atoms with Crippen molar-refractivity contribution in [3.8, 4) is 11.1 Å². The first-order chi connectivity index (χ1) is 22.1. The molecule has 2 aliphatic heterocycles. The Hall–Kier alpha value is -4.02. The number of likely N-dealkylation sites (tertiary alicyclic amines) is 1. The third kappa shape index (κ3) is 5.21. The third-order valence-corrected chi connectivity index (χ3v) is 10.6. The van der Waals surface area contributed by atoms with Crippen LogP contribution in [0.25, 0.3) is 22.2 Å². The molecule has 4 aromatic rings. The van der Waals surface area contributed by atoms with Gasteiger partial charge in [-0.05, 0) is 82.0 Å². The maximum Gasteiger partial charge on any atom is 0.260 e. The summed E-state index contributed by atoms with van der Waals surface area (Å²) in [6, 6.07) is 12.0. The summed E-state index contributed by atoms with van der Waals surface area (Å²) in [4.78, 5) is 40.9. The zero-order valence-corrected chi connectivity index (χ0v) is 27.4. The molecule has 2 aromatic carbocycles. The zero-order chi connectivity index (χ0) is 32.3. The van der Waals surface area contributed by atoms with E-state index >= 15 is 0 Å². The van der Waals surface area contributed by atoms with Gasteiger partial charge in [-0.2, -0.15) is 4.98 Å². The molecule has 1 amide bonds. The zero-order valence-electron chi connectivity index (χ0n) is 26.6. The molecule has 2 aromatic heterocycles. The van der Waals surface area contributed by atoms with E-state index in [0.717, 1.165) is 31.6 Å². The van der Waals surface area contributed by atoms with Gasteiger partial charge < -0.3 is 15.5 Å². The van der Waals surface area contributed by atoms with E-state index in [1.807, 2.05) is 19.9 Å². The summed E-state index contributed by atoms with van der Waals surface area (Å²) in [5.41, 5.74) is 4.89. The van der Waals surface area contributed by atoms with Crippen molar-refractivity contribution < 1.29 is 9.18 Å². The van der Waals surface area contributed by atoms with Crippen molar-refractivity contribution in [1.82, 2.24) is 24.8 Å². The van der Waals surface area contributed by atoms with Crippen LogP contribution in [0.15, 0.2) is 47.4 Å². The number of halogens is 2. The highest BCUT2D eigenvalue weighted by atomic mass is 35.5. The molecule has 2 unspecified atom stereocenters. The number of anilines is 3. The number of benzene rings is 2. The highest BCUT2D eigenvalue weighted by Gasteiger charge is 2.49. The molecule has 2 saturated heterocycles. The molecule has 0 spiro atoms. The van der Waals surface area contributed by atoms with Gasteiger partial charge in [0, 0.05) is 66.2 Å². The standard InChI is InChI=1S/C35H39ClFN7O2/c1-5-30(45)39-21-9-12-23(13-10-21)44-33-25(20(3)31(34(44)46)24-7-6-8-26(37)32(24)36)16-38-35(41-33)40-22-11-14-27(19(2)15-22)43-18-28-29(43)17-42(28)4/h6-8,11,14-16,21,23,28-29H,5,9-10,12-13,17-18H2,1-4H3,(H,39,45)(H,38,40,41)/t21-,23+,28?,29?. The van der Waals surface area contributed by atoms with Gasteiger partial charge in [-0.15, -0.1) is 0 Å². The molecule has 0 radical (unpaired) electrons. The molecule has 2 N–H and O–H groups in total. The number of nitrogens with zero attached hydrogens (tertiary/aromatic N) is 5. The number of hydrogen-bond acceptors (Lipinski definition) is 7. The van der Waals surface area contributed by atoms with Crippen molar-refractivity contribution in [1.29, 1.82) is 0 Å². The first kappa shape index (κ1) is 30.6. The second kappa shape index (κ2) is 12.0. The molecule has 240 valence electrons. The Morgan fingerprint density at radius 1 is 1.09 bits per heavy atom. The number of pyridine rings is 1. The van der Waals surface area contributed by atoms with Gasteiger partial charge >= 0.3 is 0 Å². The first-order valence-electron chi connectivity index (χ1n) is 16.1. The molecular formula is C35H39ClFN7O2. The maximum absolute atomic E-state index is 14.6. The van der Waals surface area contributed by atoms with Crippen molar-refractivity contribution in [2.45, 2.75) is 77.0 Å². The summed E-state index contributed by atoms with van der Waals surface area (Å²) in [5, 5.41) is 7.07. The van der Waals surface area contributed by atoms with Crippen molar-refractivity contribution in [3.63, 3.8) is 0 Å². The van der Waals surface area contributed by atoms with E-state index in [1.54, 1.807) is 22.9 Å². The van der Waals surface area contributed by atoms with Crippen LogP contribution in [0.4, 0.5) is 21.7 Å². The van der Waals surface area contributed by atoms with E-state index in [4.69, 9.17) is 16.6 Å². The number of likely N-dealkylation sites (N-methyl/N-ethyl adjacent to an activating group) is 1. The smallest absolute Gasteiger partial charge is 0.260 e. The molecule has 7 rings (SSSR count). The SMILES string of the molecule is CCC(=O)N[C@H]1CC[C@@H](n2c(=O)c(-c3cccc(F)c3Cl)c(C)c3cnc(Nc4ccc(N5CC6C5CN6C)c(C)c4)nc32)CC1. The van der Waals surface area contributed by atoms with Crippen LogP contribution >= 0.6 is 11.6 Å². The van der Waals surface area contributed by atoms with Crippen LogP contribution in [-0.2, 0) is 4.79 Å². The average molecular weight is 644 g/mol. The van der Waals surface area contributed by atoms with Crippen molar-refractivity contribution in [3.05, 3.63) is 74.9 Å². The molecule has 3 aliphatic rings. The number of rotatable bonds is 7. The van der Waals surface area contributed by atoms with Crippen LogP contribution in [0.1, 0.15) is 56.2 Å². The van der Waals surface area contributed by atoms with Gasteiger partial charge in [0.2, 0.25) is 11.9 Å². The van der Waals surface area contributed by atoms with E-state index in [-0.39, 0.29) is 28.6 Å². The molecular weight excluding hydrogens is 605 g/mol. The second-order valence-electron chi connectivity index (χ2n) is 13.0. The quantitative estimate of drug-likeness (QED) is 0.250. The molecule has 9 nitrogen and oxygen atoms in total. The number of aromatic nitrogens is 3. The van der Waals surface area contributed by atoms with Gasteiger partial charge in [-0.25, -0.2) is 9.37 Å². The topological polar surface area (TPSA) is 95.4 Å². The molecule has 0 bridgehead atoms. The number of nitrogens with one attached hydrogen (secondary N) is 2. The Kier molecular flexibility index (Phi) is 7.97. The van der Waals surface area contributed by atoms with E-state index in [2.05, 4.69) is 51.5 Å². The summed E-state index contributed by atoms with van der Waals surface area (Å²) in [6.45, 7) is 7.94. The lowest BCUT2D eigenvalue weighted by Crippen LogP contribution is -2.78. The number of hydrogen-bond donors (Lipinski definition) is 2. The number of carbonyl (C=O) groups is 1. The Labute approximate surface area is 272 Å². The van der Waals surface area contributed by atoms with Gasteiger partial charge in [0.15, 0.2) is 0 Å². The van der Waals surface area contributed by atoms with Crippen LogP contribution in [0.2, 0.25) is 5.02 Å². The Morgan fingerprint density at radius 3 is 2.54 bits per heavy atom. The third-order valence-electron chi connectivity index (χ3n) is 10.2. The summed E-state index contributed by atoms with van der Waals surface area (Å²) < 4.78 is 16.3. The fourth-order valence-electron chi connectivity index (χ4n) is 7.49. The summed E-state index contributed by atoms with van der Waals surface area (Å²) >= 11 is 6.43. The fraction of sp³-hybridized carbons (Fsp3) is 0.429. The number of carbonyl (C=O) groups excluding carboxylic acids is 1. The van der Waals surface area contributed by atoms with Gasteiger partial charge in [0.1, 0.15) is 11.5 Å². The van der Waals surface area contributed by atoms with Crippen LogP contribution < -0.4 is 21.1 Å². The number of amides is 1. The second-order valence-corrected chi connectivity index (χ2v) is 13.4. The lowest BCUT2D eigenvalue weighted by Gasteiger charge is -2.62. The lowest BCUT2D eigenvalue weighted by atomic mass is 9.85. The predicted octanol–water partition coefficient (Wildman–Crippen LogP) is 6.12. The van der Waals surface area contributed by atoms with Crippen LogP contribution in [0, 0.1) is 19.7 Å². The highest BCUT2D eigenvalue weighted by molar-refractivity contribution is 6.33. The van der Waals surface area contributed by atoms with Gasteiger partial charge in [0.25, 0.3) is 5.56 Å². The largest absolute Gasteiger partial charge is 0.364 e. The van der Waals surface area contributed by atoms with Crippen LogP contribution in [-0.4, -0.2) is 63.6 Å². The molecule has 4 heterocycles. The minimum Gasteiger partial charge on any atom is -0.364 e. The van der Waals surface area contributed by atoms with E-state index < -0.39 is 5.82 Å². The summed E-state index contributed by atoms with van der Waals surface area (Å²) in [6.07, 6.45) is 5.02. The Morgan fingerprint density at radius 2 is 1.87 bits per heavy atom. The molecule has 1 saturated carbocycles. The highest BCUT2D eigenvalue weighted by Crippen LogP contribution is 2.39. The molecule has 46 heavy (non-hydrogen) atoms. The Bertz CT molecular complexity index is 1900. The van der Waals surface area contributed by atoms with Gasteiger partial charge in [-0.3, -0.25) is 19.1 Å². The number of fused-ring (bicyclic) bond motifs is 2. The first-order valence-corrected chi connectivity index (χ1v) is 16.5. The predicted molar refractivity (Wildman–Crippen MR) is 181 cm³/mol. The van der Waals surface area contributed by atoms with Crippen LogP contribution in [0.3, 0.4) is 0 Å². The molecule has 1 aliphatic carbocycles. The molecule has 3 fully saturated rings. The summed E-state index contributed by atoms with van der Waals surface area (Å²) in [5.74, 6) is -0.166. The van der Waals surface area contributed by atoms with Crippen molar-refractivity contribution in [2.75, 3.05) is 30.4 Å². The molecule has 11 heteroatoms. The Balaban J connectivity index is 1.25. The number of aryl methyl sites for hydroxylation is 2. The van der Waals surface area contributed by atoms with E-state index in [9.17, 15) is 14.0 Å². The monoisotopic (exact) mass is 643 g/mol. The van der Waals surface area contributed by atoms with Gasteiger partial charge in [0.05, 0.1) is 16.6 Å². The van der Waals surface area contributed by atoms with Crippen molar-refractivity contribution in [2.24, 2.45) is 0 Å². The van der Waals surface area contributed by atoms with Crippen molar-refractivity contribution >= 4 is 45.9 Å². The number of piperazine rings is 1. The minimum absolute atomic E-state index is 0.0286. The minimum atomic E-state index is -0.581. The van der Waals surface area contributed by atoms with Gasteiger partial charge in [-0.1, -0.05) is 30.7 Å². The van der Waals surface area contributed by atoms with E-state index in [0.29, 0.717) is 65.0 Å². The fourth-order valence-corrected chi connectivity index (χ4v) is 7.71.